The van der Waals surface area contributed by atoms with Gasteiger partial charge in [-0.1, -0.05) is 6.42 Å². The maximum Gasteiger partial charge on any atom is 0.307 e. The first-order valence-electron chi connectivity index (χ1n) is 6.52. The number of aliphatic carboxylic acids is 1. The number of hydrogen-bond acceptors (Lipinski definition) is 3. The fourth-order valence-corrected chi connectivity index (χ4v) is 2.72. The van der Waals surface area contributed by atoms with Gasteiger partial charge in [0.1, 0.15) is 11.5 Å². The van der Waals surface area contributed by atoms with E-state index in [9.17, 15) is 9.59 Å². The van der Waals surface area contributed by atoms with Gasteiger partial charge in [-0.2, -0.15) is 0 Å². The molecular formula is C14H19NO4. The third-order valence-corrected chi connectivity index (χ3v) is 3.72. The first-order valence-corrected chi connectivity index (χ1v) is 6.52. The van der Waals surface area contributed by atoms with Crippen LogP contribution >= 0.6 is 0 Å². The zero-order chi connectivity index (χ0) is 14.0. The largest absolute Gasteiger partial charge is 0.481 e. The molecule has 1 aromatic rings. The molecule has 104 valence electrons. The van der Waals surface area contributed by atoms with Crippen LogP contribution in [-0.2, 0) is 16.1 Å². The standard InChI is InChI=1S/C14H19NO4/c1-9-6-7-10(19-9)8-15(2)13(16)11-4-3-5-12(11)14(17)18/h6-7,11-12H,3-5,8H2,1-2H3,(H,17,18). The Bertz CT molecular complexity index is 480. The summed E-state index contributed by atoms with van der Waals surface area (Å²) in [7, 11) is 1.69. The number of rotatable bonds is 4. The van der Waals surface area contributed by atoms with E-state index in [2.05, 4.69) is 0 Å². The molecule has 1 aliphatic carbocycles. The zero-order valence-corrected chi connectivity index (χ0v) is 11.3. The van der Waals surface area contributed by atoms with Crippen molar-refractivity contribution in [2.75, 3.05) is 7.05 Å². The van der Waals surface area contributed by atoms with Crippen LogP contribution in [0.3, 0.4) is 0 Å². The van der Waals surface area contributed by atoms with Gasteiger partial charge in [0.05, 0.1) is 18.4 Å². The van der Waals surface area contributed by atoms with Crippen LogP contribution in [0.4, 0.5) is 0 Å². The maximum absolute atomic E-state index is 12.3. The molecule has 2 atom stereocenters. The van der Waals surface area contributed by atoms with Crippen LogP contribution in [0.2, 0.25) is 0 Å². The van der Waals surface area contributed by atoms with Gasteiger partial charge in [-0.25, -0.2) is 0 Å². The van der Waals surface area contributed by atoms with Gasteiger partial charge in [0.25, 0.3) is 0 Å². The molecule has 5 nitrogen and oxygen atoms in total. The molecule has 1 saturated carbocycles. The van der Waals surface area contributed by atoms with Crippen LogP contribution in [0.15, 0.2) is 16.5 Å². The summed E-state index contributed by atoms with van der Waals surface area (Å²) in [5.41, 5.74) is 0. The quantitative estimate of drug-likeness (QED) is 0.904. The lowest BCUT2D eigenvalue weighted by molar-refractivity contribution is -0.148. The molecule has 2 rings (SSSR count). The van der Waals surface area contributed by atoms with Crippen molar-refractivity contribution in [3.05, 3.63) is 23.7 Å². The second kappa shape index (κ2) is 5.47. The molecule has 0 bridgehead atoms. The van der Waals surface area contributed by atoms with Crippen molar-refractivity contribution in [1.29, 1.82) is 0 Å². The van der Waals surface area contributed by atoms with Crippen LogP contribution in [0, 0.1) is 18.8 Å². The first-order chi connectivity index (χ1) is 8.99. The van der Waals surface area contributed by atoms with Gasteiger partial charge in [0.15, 0.2) is 0 Å². The van der Waals surface area contributed by atoms with Crippen LogP contribution in [0.25, 0.3) is 0 Å². The van der Waals surface area contributed by atoms with Crippen LogP contribution in [-0.4, -0.2) is 28.9 Å². The summed E-state index contributed by atoms with van der Waals surface area (Å²) in [4.78, 5) is 25.0. The van der Waals surface area contributed by atoms with Crippen molar-refractivity contribution in [3.8, 4) is 0 Å². The van der Waals surface area contributed by atoms with Crippen molar-refractivity contribution in [2.45, 2.75) is 32.7 Å². The normalized spacial score (nSPS) is 22.4. The summed E-state index contributed by atoms with van der Waals surface area (Å²) >= 11 is 0. The van der Waals surface area contributed by atoms with Gasteiger partial charge in [-0.15, -0.1) is 0 Å². The Morgan fingerprint density at radius 3 is 2.63 bits per heavy atom. The van der Waals surface area contributed by atoms with E-state index in [0.29, 0.717) is 19.4 Å². The Balaban J connectivity index is 2.00. The summed E-state index contributed by atoms with van der Waals surface area (Å²) in [5, 5.41) is 9.12. The minimum Gasteiger partial charge on any atom is -0.481 e. The van der Waals surface area contributed by atoms with Crippen molar-refractivity contribution in [3.63, 3.8) is 0 Å². The molecule has 1 amide bonds. The molecule has 1 N–H and O–H groups in total. The molecule has 1 aromatic heterocycles. The molecule has 1 fully saturated rings. The SMILES string of the molecule is Cc1ccc(CN(C)C(=O)C2CCCC2C(=O)O)o1. The second-order valence-corrected chi connectivity index (χ2v) is 5.19. The molecular weight excluding hydrogens is 246 g/mol. The van der Waals surface area contributed by atoms with E-state index in [1.807, 2.05) is 19.1 Å². The summed E-state index contributed by atoms with van der Waals surface area (Å²) in [6.45, 7) is 2.23. The van der Waals surface area contributed by atoms with Gasteiger partial charge < -0.3 is 14.4 Å². The summed E-state index contributed by atoms with van der Waals surface area (Å²) in [6.07, 6.45) is 2.07. The molecule has 0 spiro atoms. The Hall–Kier alpha value is -1.78. The molecule has 2 unspecified atom stereocenters. The summed E-state index contributed by atoms with van der Waals surface area (Å²) in [5.74, 6) is -0.359. The molecule has 0 saturated heterocycles. The lowest BCUT2D eigenvalue weighted by Gasteiger charge is -2.22. The van der Waals surface area contributed by atoms with Crippen molar-refractivity contribution >= 4 is 11.9 Å². The average molecular weight is 265 g/mol. The van der Waals surface area contributed by atoms with Crippen molar-refractivity contribution < 1.29 is 19.1 Å². The summed E-state index contributed by atoms with van der Waals surface area (Å²) in [6, 6.07) is 3.69. The van der Waals surface area contributed by atoms with E-state index < -0.39 is 17.8 Å². The molecule has 0 aliphatic heterocycles. The number of carboxylic acid groups (broad SMARTS) is 1. The van der Waals surface area contributed by atoms with E-state index in [1.54, 1.807) is 11.9 Å². The number of furan rings is 1. The number of aryl methyl sites for hydroxylation is 1. The Morgan fingerprint density at radius 1 is 1.37 bits per heavy atom. The Kier molecular flexibility index (Phi) is 3.93. The maximum atomic E-state index is 12.3. The van der Waals surface area contributed by atoms with Gasteiger partial charge >= 0.3 is 5.97 Å². The van der Waals surface area contributed by atoms with Gasteiger partial charge in [-0.3, -0.25) is 9.59 Å². The minimum atomic E-state index is -0.863. The second-order valence-electron chi connectivity index (χ2n) is 5.19. The van der Waals surface area contributed by atoms with E-state index in [4.69, 9.17) is 9.52 Å². The molecule has 1 aliphatic rings. The molecule has 1 heterocycles. The van der Waals surface area contributed by atoms with Crippen molar-refractivity contribution in [1.82, 2.24) is 4.90 Å². The van der Waals surface area contributed by atoms with Gasteiger partial charge in [0.2, 0.25) is 5.91 Å². The number of carboxylic acids is 1. The lowest BCUT2D eigenvalue weighted by atomic mass is 9.95. The van der Waals surface area contributed by atoms with Crippen LogP contribution < -0.4 is 0 Å². The number of amides is 1. The molecule has 19 heavy (non-hydrogen) atoms. The predicted molar refractivity (Wildman–Crippen MR) is 68.4 cm³/mol. The van der Waals surface area contributed by atoms with Crippen LogP contribution in [0.5, 0.6) is 0 Å². The van der Waals surface area contributed by atoms with E-state index in [1.165, 1.54) is 0 Å². The lowest BCUT2D eigenvalue weighted by Crippen LogP contribution is -2.36. The monoisotopic (exact) mass is 265 g/mol. The topological polar surface area (TPSA) is 70.8 Å². The van der Waals surface area contributed by atoms with E-state index in [-0.39, 0.29) is 5.91 Å². The third kappa shape index (κ3) is 2.97. The highest BCUT2D eigenvalue weighted by molar-refractivity contribution is 5.85. The highest BCUT2D eigenvalue weighted by atomic mass is 16.4. The number of carbonyl (C=O) groups excluding carboxylic acids is 1. The van der Waals surface area contributed by atoms with Gasteiger partial charge in [0, 0.05) is 7.05 Å². The highest BCUT2D eigenvalue weighted by Gasteiger charge is 2.39. The fourth-order valence-electron chi connectivity index (χ4n) is 2.72. The minimum absolute atomic E-state index is 0.0982. The number of carbonyl (C=O) groups is 2. The van der Waals surface area contributed by atoms with Crippen LogP contribution in [0.1, 0.15) is 30.8 Å². The van der Waals surface area contributed by atoms with Crippen molar-refractivity contribution in [2.24, 2.45) is 11.8 Å². The van der Waals surface area contributed by atoms with E-state index in [0.717, 1.165) is 17.9 Å². The Labute approximate surface area is 112 Å². The first kappa shape index (κ1) is 13.6. The molecule has 0 radical (unpaired) electrons. The number of nitrogens with zero attached hydrogens (tertiary/aromatic N) is 1. The zero-order valence-electron chi connectivity index (χ0n) is 11.3. The fraction of sp³-hybridized carbons (Fsp3) is 0.571. The number of hydrogen-bond donors (Lipinski definition) is 1. The predicted octanol–water partition coefficient (Wildman–Crippen LogP) is 2.05. The average Bonchev–Trinajstić information content (AvgIpc) is 2.97. The van der Waals surface area contributed by atoms with Gasteiger partial charge in [-0.05, 0) is 31.9 Å². The summed E-state index contributed by atoms with van der Waals surface area (Å²) < 4.78 is 5.43. The Morgan fingerprint density at radius 2 is 2.05 bits per heavy atom. The molecule has 0 aromatic carbocycles. The molecule has 5 heteroatoms. The van der Waals surface area contributed by atoms with E-state index >= 15 is 0 Å². The highest BCUT2D eigenvalue weighted by Crippen LogP contribution is 2.33. The smallest absolute Gasteiger partial charge is 0.307 e. The third-order valence-electron chi connectivity index (χ3n) is 3.72.